The topological polar surface area (TPSA) is 49.7 Å². The van der Waals surface area contributed by atoms with Crippen LogP contribution in [-0.4, -0.2) is 40.8 Å². The number of halogens is 1. The van der Waals surface area contributed by atoms with Crippen LogP contribution in [0.2, 0.25) is 0 Å². The van der Waals surface area contributed by atoms with E-state index in [-0.39, 0.29) is 0 Å². The summed E-state index contributed by atoms with van der Waals surface area (Å²) in [6.45, 7) is 5.93. The summed E-state index contributed by atoms with van der Waals surface area (Å²) in [7, 11) is 0. The van der Waals surface area contributed by atoms with Gasteiger partial charge in [0, 0.05) is 0 Å². The number of rotatable bonds is 1. The minimum absolute atomic E-state index is 0.422. The van der Waals surface area contributed by atoms with Gasteiger partial charge in [0.25, 0.3) is 0 Å². The normalized spacial score (nSPS) is 51.5. The summed E-state index contributed by atoms with van der Waals surface area (Å²) in [4.78, 5) is 0. The number of aliphatic hydroxyl groups is 2. The first-order valence-corrected chi connectivity index (χ1v) is 3.39. The zero-order valence-corrected chi connectivity index (χ0v) is 6.20. The van der Waals surface area contributed by atoms with Crippen LogP contribution in [0, 0.1) is 6.92 Å². The van der Waals surface area contributed by atoms with E-state index in [0.717, 1.165) is 6.92 Å². The average molecular weight is 162 g/mol. The molecule has 1 unspecified atom stereocenters. The lowest BCUT2D eigenvalue weighted by Gasteiger charge is -2.20. The predicted molar refractivity (Wildman–Crippen MR) is 35.6 cm³/mol. The monoisotopic (exact) mass is 162 g/mol. The summed E-state index contributed by atoms with van der Waals surface area (Å²) in [6.07, 6.45) is -3.41. The van der Waals surface area contributed by atoms with E-state index in [9.17, 15) is 4.39 Å². The van der Waals surface area contributed by atoms with Gasteiger partial charge in [0.1, 0.15) is 12.2 Å². The summed E-state index contributed by atoms with van der Waals surface area (Å²) in [5, 5.41) is 17.7. The third-order valence-electron chi connectivity index (χ3n) is 1.99. The molecular weight excluding hydrogens is 151 g/mol. The van der Waals surface area contributed by atoms with Crippen molar-refractivity contribution in [3.8, 4) is 0 Å². The molecule has 0 spiro atoms. The largest absolute Gasteiger partial charge is 0.394 e. The molecule has 0 saturated carbocycles. The molecule has 1 heterocycles. The second-order valence-electron chi connectivity index (χ2n) is 2.87. The van der Waals surface area contributed by atoms with E-state index in [4.69, 9.17) is 21.9 Å². The van der Waals surface area contributed by atoms with Crippen LogP contribution in [0.3, 0.4) is 0 Å². The van der Waals surface area contributed by atoms with Crippen molar-refractivity contribution >= 4 is 0 Å². The van der Waals surface area contributed by atoms with Crippen molar-refractivity contribution in [3.63, 3.8) is 0 Å². The van der Waals surface area contributed by atoms with Crippen LogP contribution >= 0.6 is 0 Å². The van der Waals surface area contributed by atoms with Crippen LogP contribution in [0.1, 0.15) is 6.92 Å². The molecule has 11 heavy (non-hydrogen) atoms. The highest BCUT2D eigenvalue weighted by Crippen LogP contribution is 2.33. The quantitative estimate of drug-likeness (QED) is 0.549. The van der Waals surface area contributed by atoms with Crippen molar-refractivity contribution in [2.24, 2.45) is 0 Å². The molecule has 4 atom stereocenters. The van der Waals surface area contributed by atoms with Crippen LogP contribution < -0.4 is 0 Å². The van der Waals surface area contributed by atoms with Crippen LogP contribution in [0.15, 0.2) is 0 Å². The van der Waals surface area contributed by atoms with E-state index in [1.165, 1.54) is 0 Å². The van der Waals surface area contributed by atoms with Gasteiger partial charge in [-0.05, 0) is 13.8 Å². The molecular formula is C7H11FO3. The van der Waals surface area contributed by atoms with Gasteiger partial charge in [-0.15, -0.1) is 0 Å². The lowest BCUT2D eigenvalue weighted by molar-refractivity contribution is -0.0137. The molecule has 0 aromatic heterocycles. The molecule has 0 amide bonds. The lowest BCUT2D eigenvalue weighted by Crippen LogP contribution is -2.40. The Morgan fingerprint density at radius 1 is 1.73 bits per heavy atom. The minimum Gasteiger partial charge on any atom is -0.394 e. The molecule has 2 N–H and O–H groups in total. The summed E-state index contributed by atoms with van der Waals surface area (Å²) >= 11 is 0. The van der Waals surface area contributed by atoms with Gasteiger partial charge in [-0.25, -0.2) is 4.39 Å². The smallest absolute Gasteiger partial charge is 0.162 e. The van der Waals surface area contributed by atoms with Gasteiger partial charge in [-0.2, -0.15) is 0 Å². The van der Waals surface area contributed by atoms with Gasteiger partial charge in [0.2, 0.25) is 0 Å². The molecule has 2 radical (unpaired) electrons. The van der Waals surface area contributed by atoms with Gasteiger partial charge in [0.05, 0.1) is 12.7 Å². The average Bonchev–Trinajstić information content (AvgIpc) is 2.14. The Morgan fingerprint density at radius 3 is 2.45 bits per heavy atom. The maximum atomic E-state index is 13.2. The highest BCUT2D eigenvalue weighted by Gasteiger charge is 2.51. The fourth-order valence-electron chi connectivity index (χ4n) is 1.07. The van der Waals surface area contributed by atoms with Crippen LogP contribution in [0.4, 0.5) is 4.39 Å². The fourth-order valence-corrected chi connectivity index (χ4v) is 1.07. The van der Waals surface area contributed by atoms with E-state index in [1.54, 1.807) is 0 Å². The first-order valence-electron chi connectivity index (χ1n) is 3.39. The van der Waals surface area contributed by atoms with Crippen molar-refractivity contribution in [2.75, 3.05) is 6.61 Å². The van der Waals surface area contributed by atoms with Gasteiger partial charge in [0.15, 0.2) is 5.67 Å². The third kappa shape index (κ3) is 1.26. The van der Waals surface area contributed by atoms with E-state index in [0.29, 0.717) is 0 Å². The highest BCUT2D eigenvalue weighted by atomic mass is 19.1. The SMILES string of the molecule is [CH][C@@H]1O[C@H](CO)[C@H](O)C1(C)F. The lowest BCUT2D eigenvalue weighted by atomic mass is 9.96. The summed E-state index contributed by atoms with van der Waals surface area (Å²) in [5.74, 6) is 0. The fraction of sp³-hybridized carbons (Fsp3) is 0.857. The molecule has 0 aromatic rings. The Hall–Kier alpha value is -0.190. The maximum absolute atomic E-state index is 13.2. The standard InChI is InChI=1S/C7H11FO3/c1-4-7(2,8)6(10)5(3-9)11-4/h1,4-6,9-10H,3H2,2H3/t4-,5+,6-,7?/m0/s1. The molecule has 1 aliphatic heterocycles. The van der Waals surface area contributed by atoms with E-state index in [1.807, 2.05) is 0 Å². The Morgan fingerprint density at radius 2 is 2.27 bits per heavy atom. The Bertz CT molecular complexity index is 149. The first kappa shape index (κ1) is 8.90. The zero-order valence-electron chi connectivity index (χ0n) is 6.20. The first-order chi connectivity index (χ1) is 5.00. The van der Waals surface area contributed by atoms with Crippen LogP contribution in [-0.2, 0) is 4.74 Å². The third-order valence-corrected chi connectivity index (χ3v) is 1.99. The molecule has 4 heteroatoms. The van der Waals surface area contributed by atoms with Gasteiger partial charge < -0.3 is 14.9 Å². The molecule has 3 nitrogen and oxygen atoms in total. The molecule has 1 fully saturated rings. The number of hydrogen-bond donors (Lipinski definition) is 2. The minimum atomic E-state index is -1.96. The predicted octanol–water partition coefficient (Wildman–Crippen LogP) is -0.454. The zero-order chi connectivity index (χ0) is 8.65. The molecule has 1 saturated heterocycles. The highest BCUT2D eigenvalue weighted by molar-refractivity contribution is 5.01. The Labute approximate surface area is 64.8 Å². The molecule has 1 rings (SSSR count). The summed E-state index contributed by atoms with van der Waals surface area (Å²) in [5.41, 5.74) is -1.96. The molecule has 0 aromatic carbocycles. The number of ether oxygens (including phenoxy) is 1. The Balaban J connectivity index is 2.71. The molecule has 1 aliphatic rings. The van der Waals surface area contributed by atoms with E-state index in [2.05, 4.69) is 0 Å². The maximum Gasteiger partial charge on any atom is 0.162 e. The molecule has 64 valence electrons. The van der Waals surface area contributed by atoms with Gasteiger partial charge in [-0.1, -0.05) is 0 Å². The molecule has 0 bridgehead atoms. The van der Waals surface area contributed by atoms with E-state index >= 15 is 0 Å². The van der Waals surface area contributed by atoms with E-state index < -0.39 is 30.6 Å². The van der Waals surface area contributed by atoms with Crippen LogP contribution in [0.25, 0.3) is 0 Å². The number of hydrogen-bond acceptors (Lipinski definition) is 3. The second kappa shape index (κ2) is 2.69. The number of aliphatic hydroxyl groups excluding tert-OH is 2. The molecule has 0 aliphatic carbocycles. The van der Waals surface area contributed by atoms with Gasteiger partial charge in [-0.3, -0.25) is 0 Å². The van der Waals surface area contributed by atoms with Crippen molar-refractivity contribution in [1.82, 2.24) is 0 Å². The van der Waals surface area contributed by atoms with Crippen molar-refractivity contribution in [2.45, 2.75) is 30.9 Å². The van der Waals surface area contributed by atoms with Crippen molar-refractivity contribution in [1.29, 1.82) is 0 Å². The second-order valence-corrected chi connectivity index (χ2v) is 2.87. The van der Waals surface area contributed by atoms with Crippen molar-refractivity contribution < 1.29 is 19.3 Å². The number of alkyl halides is 1. The Kier molecular flexibility index (Phi) is 2.18. The summed E-state index contributed by atoms with van der Waals surface area (Å²) < 4.78 is 18.0. The van der Waals surface area contributed by atoms with Gasteiger partial charge >= 0.3 is 0 Å². The summed E-state index contributed by atoms with van der Waals surface area (Å²) in [6, 6.07) is 0. The van der Waals surface area contributed by atoms with Crippen LogP contribution in [0.5, 0.6) is 0 Å². The van der Waals surface area contributed by atoms with Crippen molar-refractivity contribution in [3.05, 3.63) is 6.92 Å².